The van der Waals surface area contributed by atoms with E-state index in [1.54, 1.807) is 12.1 Å². The van der Waals surface area contributed by atoms with Gasteiger partial charge in [0, 0.05) is 17.0 Å². The number of fused-ring (bicyclic) bond motifs is 2. The zero-order chi connectivity index (χ0) is 17.9. The summed E-state index contributed by atoms with van der Waals surface area (Å²) in [4.78, 5) is 23.8. The van der Waals surface area contributed by atoms with E-state index >= 15 is 0 Å². The molecule has 5 heteroatoms. The molecule has 0 N–H and O–H groups in total. The highest BCUT2D eigenvalue weighted by atomic mass is 16.6. The van der Waals surface area contributed by atoms with Gasteiger partial charge in [0.05, 0.1) is 0 Å². The van der Waals surface area contributed by atoms with E-state index in [1.165, 1.54) is 17.2 Å². The number of hydrogen-bond donors (Lipinski definition) is 0. The summed E-state index contributed by atoms with van der Waals surface area (Å²) in [6.07, 6.45) is 3.14. The zero-order valence-corrected chi connectivity index (χ0v) is 14.2. The first-order chi connectivity index (χ1) is 12.7. The monoisotopic (exact) mass is 350 g/mol. The van der Waals surface area contributed by atoms with Crippen molar-refractivity contribution in [3.63, 3.8) is 0 Å². The Morgan fingerprint density at radius 3 is 2.62 bits per heavy atom. The van der Waals surface area contributed by atoms with Gasteiger partial charge in [-0.15, -0.1) is 0 Å². The molecular formula is C21H18O5. The standard InChI is InChI=1S/C21H18O5/c22-20-11-16(12-25-21(23)13-24-17-7-2-1-3-8-17)18-9-14-5-4-6-15(14)10-19(18)26-20/h1-3,7-11H,4-6,12-13H2. The molecule has 1 aliphatic carbocycles. The maximum absolute atomic E-state index is 11.9. The van der Waals surface area contributed by atoms with Crippen LogP contribution in [0.15, 0.2) is 57.7 Å². The summed E-state index contributed by atoms with van der Waals surface area (Å²) in [5.41, 5.74) is 3.25. The van der Waals surface area contributed by atoms with Crippen molar-refractivity contribution in [2.45, 2.75) is 25.9 Å². The van der Waals surface area contributed by atoms with E-state index < -0.39 is 11.6 Å². The van der Waals surface area contributed by atoms with Gasteiger partial charge in [0.15, 0.2) is 6.61 Å². The summed E-state index contributed by atoms with van der Waals surface area (Å²) in [6.45, 7) is -0.170. The minimum absolute atomic E-state index is 0.0118. The average molecular weight is 350 g/mol. The number of esters is 1. The highest BCUT2D eigenvalue weighted by Gasteiger charge is 2.16. The molecule has 4 rings (SSSR count). The summed E-state index contributed by atoms with van der Waals surface area (Å²) in [5.74, 6) is 0.113. The molecule has 3 aromatic rings. The molecule has 0 aliphatic heterocycles. The van der Waals surface area contributed by atoms with Crippen molar-refractivity contribution in [1.82, 2.24) is 0 Å². The van der Waals surface area contributed by atoms with Gasteiger partial charge in [0.2, 0.25) is 0 Å². The quantitative estimate of drug-likeness (QED) is 0.521. The van der Waals surface area contributed by atoms with Crippen molar-refractivity contribution >= 4 is 16.9 Å². The van der Waals surface area contributed by atoms with Crippen LogP contribution >= 0.6 is 0 Å². The van der Waals surface area contributed by atoms with Crippen LogP contribution in [0, 0.1) is 0 Å². The van der Waals surface area contributed by atoms with E-state index in [1.807, 2.05) is 30.3 Å². The van der Waals surface area contributed by atoms with E-state index in [0.29, 0.717) is 16.9 Å². The molecule has 0 saturated carbocycles. The van der Waals surface area contributed by atoms with Gasteiger partial charge in [-0.05, 0) is 54.7 Å². The first-order valence-corrected chi connectivity index (χ1v) is 8.61. The Kier molecular flexibility index (Phi) is 4.44. The maximum atomic E-state index is 11.9. The largest absolute Gasteiger partial charge is 0.482 e. The van der Waals surface area contributed by atoms with Gasteiger partial charge in [-0.2, -0.15) is 0 Å². The number of carbonyl (C=O) groups is 1. The van der Waals surface area contributed by atoms with Crippen LogP contribution in [0.5, 0.6) is 5.75 Å². The molecule has 0 saturated heterocycles. The molecule has 0 unspecified atom stereocenters. The summed E-state index contributed by atoms with van der Waals surface area (Å²) in [5, 5.41) is 0.821. The SMILES string of the molecule is O=C(COc1ccccc1)OCc1cc(=O)oc2cc3c(cc12)CCC3. The highest BCUT2D eigenvalue weighted by molar-refractivity contribution is 5.82. The van der Waals surface area contributed by atoms with Crippen molar-refractivity contribution < 1.29 is 18.7 Å². The third kappa shape index (κ3) is 3.47. The van der Waals surface area contributed by atoms with E-state index in [4.69, 9.17) is 13.9 Å². The first-order valence-electron chi connectivity index (χ1n) is 8.61. The Balaban J connectivity index is 1.48. The lowest BCUT2D eigenvalue weighted by Gasteiger charge is -2.10. The normalized spacial score (nSPS) is 12.8. The van der Waals surface area contributed by atoms with Gasteiger partial charge >= 0.3 is 11.6 Å². The Bertz CT molecular complexity index is 1000. The molecule has 0 amide bonds. The maximum Gasteiger partial charge on any atom is 0.344 e. The lowest BCUT2D eigenvalue weighted by Crippen LogP contribution is -2.15. The molecule has 5 nitrogen and oxygen atoms in total. The van der Waals surface area contributed by atoms with Gasteiger partial charge in [0.25, 0.3) is 0 Å². The smallest absolute Gasteiger partial charge is 0.344 e. The third-order valence-corrected chi connectivity index (χ3v) is 4.53. The Morgan fingerprint density at radius 2 is 1.81 bits per heavy atom. The van der Waals surface area contributed by atoms with Crippen molar-refractivity contribution in [2.75, 3.05) is 6.61 Å². The lowest BCUT2D eigenvalue weighted by molar-refractivity contribution is -0.147. The fraction of sp³-hybridized carbons (Fsp3) is 0.238. The van der Waals surface area contributed by atoms with E-state index in [0.717, 1.165) is 24.6 Å². The molecule has 132 valence electrons. The second kappa shape index (κ2) is 7.04. The zero-order valence-electron chi connectivity index (χ0n) is 14.2. The molecule has 1 aliphatic rings. The highest BCUT2D eigenvalue weighted by Crippen LogP contribution is 2.28. The van der Waals surface area contributed by atoms with Crippen molar-refractivity contribution in [3.8, 4) is 5.75 Å². The van der Waals surface area contributed by atoms with Crippen LogP contribution in [-0.4, -0.2) is 12.6 Å². The Morgan fingerprint density at radius 1 is 1.04 bits per heavy atom. The van der Waals surface area contributed by atoms with Crippen molar-refractivity contribution in [2.24, 2.45) is 0 Å². The van der Waals surface area contributed by atoms with Crippen LogP contribution < -0.4 is 10.4 Å². The van der Waals surface area contributed by atoms with Gasteiger partial charge < -0.3 is 13.9 Å². The molecule has 0 fully saturated rings. The van der Waals surface area contributed by atoms with Crippen LogP contribution in [0.3, 0.4) is 0 Å². The minimum Gasteiger partial charge on any atom is -0.482 e. The van der Waals surface area contributed by atoms with Gasteiger partial charge in [0.1, 0.15) is 17.9 Å². The number of carbonyl (C=O) groups excluding carboxylic acids is 1. The molecule has 2 aromatic carbocycles. The fourth-order valence-electron chi connectivity index (χ4n) is 3.27. The molecule has 1 aromatic heterocycles. The summed E-state index contributed by atoms with van der Waals surface area (Å²) in [7, 11) is 0. The van der Waals surface area contributed by atoms with Crippen LogP contribution in [0.1, 0.15) is 23.1 Å². The molecule has 0 spiro atoms. The number of ether oxygens (including phenoxy) is 2. The third-order valence-electron chi connectivity index (χ3n) is 4.53. The van der Waals surface area contributed by atoms with Crippen LogP contribution in [-0.2, 0) is 29.0 Å². The Labute approximate surface area is 150 Å². The van der Waals surface area contributed by atoms with Crippen LogP contribution in [0.2, 0.25) is 0 Å². The van der Waals surface area contributed by atoms with Crippen LogP contribution in [0.25, 0.3) is 11.0 Å². The number of aryl methyl sites for hydroxylation is 2. The van der Waals surface area contributed by atoms with Crippen molar-refractivity contribution in [1.29, 1.82) is 0 Å². The van der Waals surface area contributed by atoms with E-state index in [2.05, 4.69) is 0 Å². The lowest BCUT2D eigenvalue weighted by atomic mass is 10.0. The van der Waals surface area contributed by atoms with Gasteiger partial charge in [-0.1, -0.05) is 18.2 Å². The Hall–Kier alpha value is -3.08. The van der Waals surface area contributed by atoms with Crippen molar-refractivity contribution in [3.05, 3.63) is 75.6 Å². The predicted octanol–water partition coefficient (Wildman–Crippen LogP) is 3.40. The molecule has 0 bridgehead atoms. The van der Waals surface area contributed by atoms with Gasteiger partial charge in [-0.25, -0.2) is 9.59 Å². The second-order valence-corrected chi connectivity index (χ2v) is 6.32. The predicted molar refractivity (Wildman–Crippen MR) is 96.2 cm³/mol. The molecule has 0 atom stereocenters. The summed E-state index contributed by atoms with van der Waals surface area (Å²) < 4.78 is 16.0. The number of rotatable bonds is 5. The molecule has 1 heterocycles. The molecular weight excluding hydrogens is 332 g/mol. The average Bonchev–Trinajstić information content (AvgIpc) is 3.11. The molecule has 0 radical (unpaired) electrons. The van der Waals surface area contributed by atoms with Gasteiger partial charge in [-0.3, -0.25) is 0 Å². The fourth-order valence-corrected chi connectivity index (χ4v) is 3.27. The number of hydrogen-bond acceptors (Lipinski definition) is 5. The first kappa shape index (κ1) is 16.4. The topological polar surface area (TPSA) is 65.7 Å². The molecule has 26 heavy (non-hydrogen) atoms. The van der Waals surface area contributed by atoms with Crippen LogP contribution in [0.4, 0.5) is 0 Å². The summed E-state index contributed by atoms with van der Waals surface area (Å²) >= 11 is 0. The number of para-hydroxylation sites is 1. The van der Waals surface area contributed by atoms with E-state index in [-0.39, 0.29) is 13.2 Å². The van der Waals surface area contributed by atoms with E-state index in [9.17, 15) is 9.59 Å². The minimum atomic E-state index is -0.489. The second-order valence-electron chi connectivity index (χ2n) is 6.32. The number of benzene rings is 2. The summed E-state index contributed by atoms with van der Waals surface area (Å²) in [6, 6.07) is 14.4.